The van der Waals surface area contributed by atoms with Gasteiger partial charge in [0.25, 0.3) is 11.0 Å². The van der Waals surface area contributed by atoms with E-state index in [2.05, 4.69) is 0 Å². The van der Waals surface area contributed by atoms with Crippen molar-refractivity contribution in [3.8, 4) is 0 Å². The van der Waals surface area contributed by atoms with Gasteiger partial charge in [-0.3, -0.25) is 4.55 Å². The zero-order valence-corrected chi connectivity index (χ0v) is 12.8. The summed E-state index contributed by atoms with van der Waals surface area (Å²) in [5, 5.41) is 0. The standard InChI is InChI=1S/C8H9O2.C5H5.Fe.H2O3S/c1-2-10-8(9)7-5-3-4-6-7;1-2-4-5-3-1;;1-4(2)3/h3-6H,2H2,1H3;1-5H;;4H,(H,1,2,3). The van der Waals surface area contributed by atoms with E-state index in [1.807, 2.05) is 6.92 Å². The number of hydrogen-bond acceptors (Lipinski definition) is 4. The molecule has 0 aromatic rings. The maximum atomic E-state index is 12.6. The van der Waals surface area contributed by atoms with Crippen molar-refractivity contribution >= 4 is 17.0 Å². The zero-order chi connectivity index (χ0) is 13.6. The van der Waals surface area contributed by atoms with E-state index in [1.54, 1.807) is 0 Å². The predicted octanol–water partition coefficient (Wildman–Crippen LogP) is 2.38. The average Bonchev–Trinajstić information content (AvgIpc) is 3.32. The Balaban J connectivity index is 0.000000180. The van der Waals surface area contributed by atoms with E-state index in [0.717, 1.165) is 9.63 Å². The molecule has 10 aliphatic heterocycles. The first kappa shape index (κ1) is 9.13. The number of rotatable bonds is 2. The van der Waals surface area contributed by atoms with Gasteiger partial charge in [-0.1, -0.05) is 0 Å². The van der Waals surface area contributed by atoms with Crippen molar-refractivity contribution < 1.29 is 29.0 Å². The molecule has 10 saturated heterocycles. The molecular formula is C13H16FeO5S. The summed E-state index contributed by atoms with van der Waals surface area (Å²) in [4.78, 5) is 23.5. The summed E-state index contributed by atoms with van der Waals surface area (Å²) in [5.41, 5.74) is 0. The van der Waals surface area contributed by atoms with Crippen LogP contribution in [0.4, 0.5) is 0 Å². The van der Waals surface area contributed by atoms with Gasteiger partial charge in [0.15, 0.2) is 0 Å². The van der Waals surface area contributed by atoms with E-state index in [4.69, 9.17) is 17.7 Å². The van der Waals surface area contributed by atoms with Crippen molar-refractivity contribution in [2.45, 2.75) is 54.6 Å². The van der Waals surface area contributed by atoms with Crippen molar-refractivity contribution in [2.75, 3.05) is 6.61 Å². The van der Waals surface area contributed by atoms with Crippen LogP contribution in [0, 0.1) is 0 Å². The normalized spacial score (nSPS) is 102. The Morgan fingerprint density at radius 2 is 1.50 bits per heavy atom. The van der Waals surface area contributed by atoms with Gasteiger partial charge < -0.3 is 0 Å². The SMILES string of the molecule is CCOC(=O)[C]12[CH]3[CH]4[CH]5[CH]1[Fe]45321678[CH]2[CH]1[CH]6[CH]7[CH]28.O=[SH](=O)O. The maximum Gasteiger partial charge on any atom is 0.254 e. The fraction of sp³-hybridized carbons (Fsp3) is 0.923. The molecule has 4 unspecified atom stereocenters. The quantitative estimate of drug-likeness (QED) is 0.349. The molecule has 10 aliphatic rings. The summed E-state index contributed by atoms with van der Waals surface area (Å²) >= 11 is 0. The molecule has 0 aromatic heterocycles. The predicted molar refractivity (Wildman–Crippen MR) is 66.0 cm³/mol. The minimum absolute atomic E-state index is 0.342. The van der Waals surface area contributed by atoms with Crippen molar-refractivity contribution in [2.24, 2.45) is 0 Å². The molecule has 0 aliphatic carbocycles. The van der Waals surface area contributed by atoms with E-state index in [9.17, 15) is 4.79 Å². The Morgan fingerprint density at radius 1 is 1.10 bits per heavy atom. The number of ether oxygens (including phenoxy) is 1. The van der Waals surface area contributed by atoms with E-state index >= 15 is 0 Å². The molecule has 0 aromatic carbocycles. The fourth-order valence-corrected chi connectivity index (χ4v) is 90.5. The van der Waals surface area contributed by atoms with Gasteiger partial charge in [0, 0.05) is 0 Å². The Bertz CT molecular complexity index is 1030. The number of carbonyl (C=O) groups excluding carboxylic acids is 1. The first-order valence-electron chi connectivity index (χ1n) is 7.48. The first-order valence-corrected chi connectivity index (χ1v) is 14.9. The monoisotopic (exact) mass is 340 g/mol. The van der Waals surface area contributed by atoms with Gasteiger partial charge in [-0.2, -0.15) is 0 Å². The Kier molecular flexibility index (Phi) is 0.375. The second-order valence-electron chi connectivity index (χ2n) is 10.6. The van der Waals surface area contributed by atoms with Crippen LogP contribution in [0.25, 0.3) is 0 Å². The molecule has 0 radical (unpaired) electrons. The molecule has 112 valence electrons. The van der Waals surface area contributed by atoms with E-state index in [-0.39, 0.29) is 0 Å². The van der Waals surface area contributed by atoms with Gasteiger partial charge in [0.1, 0.15) is 0 Å². The second-order valence-corrected chi connectivity index (χ2v) is 34.7. The van der Waals surface area contributed by atoms with Crippen LogP contribution < -0.4 is 0 Å². The molecule has 1 spiro atoms. The van der Waals surface area contributed by atoms with Crippen LogP contribution in [0.3, 0.4) is 0 Å². The average molecular weight is 340 g/mol. The Hall–Kier alpha value is -0.101. The summed E-state index contributed by atoms with van der Waals surface area (Å²) in [5.74, 6) is 0.349. The van der Waals surface area contributed by atoms with Crippen molar-refractivity contribution in [1.29, 1.82) is 0 Å². The molecule has 0 amide bonds. The minimum Gasteiger partial charge on any atom is -0.288 e. The largest absolute Gasteiger partial charge is 0.288 e. The third-order valence-corrected chi connectivity index (χ3v) is 57.5. The summed E-state index contributed by atoms with van der Waals surface area (Å²) in [6.45, 7) is -0.518. The third kappa shape index (κ3) is 0.104. The van der Waals surface area contributed by atoms with Crippen molar-refractivity contribution in [3.63, 3.8) is 0 Å². The smallest absolute Gasteiger partial charge is 0.254 e. The molecule has 1 N–H and O–H groups in total. The van der Waals surface area contributed by atoms with Crippen molar-refractivity contribution in [1.82, 2.24) is 0 Å². The molecule has 4 atom stereocenters. The molecule has 10 heterocycles. The van der Waals surface area contributed by atoms with Crippen LogP contribution in [-0.2, 0) is 27.0 Å². The molecular weight excluding hydrogens is 324 g/mol. The molecule has 10 fully saturated rings. The van der Waals surface area contributed by atoms with Crippen LogP contribution in [0.1, 0.15) is 6.92 Å². The molecule has 0 saturated carbocycles. The summed E-state index contributed by atoms with van der Waals surface area (Å²) in [6.07, 6.45) is 0. The van der Waals surface area contributed by atoms with Gasteiger partial charge in [0.05, 0.1) is 0 Å². The van der Waals surface area contributed by atoms with Crippen LogP contribution in [0.2, 0.25) is 47.7 Å². The molecule has 5 nitrogen and oxygen atoms in total. The first-order chi connectivity index (χ1) is 9.26. The minimum atomic E-state index is -3.13. The van der Waals surface area contributed by atoms with E-state index in [0.29, 0.717) is 16.9 Å². The number of thiol groups is 1. The fourth-order valence-electron chi connectivity index (χ4n) is 17.0. The Morgan fingerprint density at radius 3 is 1.70 bits per heavy atom. The van der Waals surface area contributed by atoms with Crippen molar-refractivity contribution in [3.05, 3.63) is 0 Å². The number of hydrogen-bond donors (Lipinski definition) is 2. The van der Waals surface area contributed by atoms with Gasteiger partial charge in [-0.25, -0.2) is 8.42 Å². The molecule has 0 bridgehead atoms. The maximum absolute atomic E-state index is 12.6. The van der Waals surface area contributed by atoms with Crippen LogP contribution in [0.5, 0.6) is 0 Å². The van der Waals surface area contributed by atoms with Crippen LogP contribution >= 0.6 is 0 Å². The van der Waals surface area contributed by atoms with E-state index in [1.165, 1.54) is 33.7 Å². The van der Waals surface area contributed by atoms with Gasteiger partial charge in [-0.05, 0) is 0 Å². The van der Waals surface area contributed by atoms with Crippen LogP contribution in [-0.4, -0.2) is 25.5 Å². The summed E-state index contributed by atoms with van der Waals surface area (Å²) in [7, 11) is -3.12. The number of carbonyl (C=O) groups is 1. The zero-order valence-electron chi connectivity index (χ0n) is 10.8. The topological polar surface area (TPSA) is 80.7 Å². The third-order valence-electron chi connectivity index (χ3n) is 15.3. The number of fused-ring (bicyclic) bond motifs is 10. The molecule has 20 heavy (non-hydrogen) atoms. The van der Waals surface area contributed by atoms with E-state index < -0.39 is 17.5 Å². The van der Waals surface area contributed by atoms with Gasteiger partial charge in [0.2, 0.25) is 0 Å². The summed E-state index contributed by atoms with van der Waals surface area (Å²) in [6, 6.07) is 0. The Labute approximate surface area is 107 Å². The van der Waals surface area contributed by atoms with Crippen LogP contribution in [0.15, 0.2) is 0 Å². The second kappa shape index (κ2) is 0.821. The summed E-state index contributed by atoms with van der Waals surface area (Å²) < 4.78 is 30.1. The number of esters is 1. The molecule has 10 rings (SSSR count). The van der Waals surface area contributed by atoms with Gasteiger partial charge >= 0.3 is 83.2 Å². The molecule has 7 heteroatoms. The van der Waals surface area contributed by atoms with Gasteiger partial charge in [-0.15, -0.1) is 0 Å².